The first kappa shape index (κ1) is 12.4. The highest BCUT2D eigenvalue weighted by molar-refractivity contribution is 5.49. The zero-order valence-electron chi connectivity index (χ0n) is 10.6. The molecule has 0 bridgehead atoms. The lowest BCUT2D eigenvalue weighted by atomic mass is 10.2. The molecule has 0 aliphatic carbocycles. The van der Waals surface area contributed by atoms with Crippen LogP contribution in [0.15, 0.2) is 33.4 Å². The van der Waals surface area contributed by atoms with Crippen LogP contribution in [0.3, 0.4) is 0 Å². The summed E-state index contributed by atoms with van der Waals surface area (Å²) < 4.78 is 16.1. The Labute approximate surface area is 111 Å². The Morgan fingerprint density at radius 1 is 1.42 bits per heavy atom. The zero-order valence-corrected chi connectivity index (χ0v) is 10.6. The molecule has 0 aromatic carbocycles. The van der Waals surface area contributed by atoms with E-state index in [0.29, 0.717) is 24.7 Å². The summed E-state index contributed by atoms with van der Waals surface area (Å²) in [7, 11) is 0. The molecule has 1 fully saturated rings. The highest BCUT2D eigenvalue weighted by atomic mass is 16.5. The number of aromatic nitrogens is 1. The van der Waals surface area contributed by atoms with Gasteiger partial charge >= 0.3 is 0 Å². The van der Waals surface area contributed by atoms with Gasteiger partial charge in [0.1, 0.15) is 0 Å². The van der Waals surface area contributed by atoms with Gasteiger partial charge in [0.2, 0.25) is 5.76 Å². The highest BCUT2D eigenvalue weighted by Gasteiger charge is 2.20. The van der Waals surface area contributed by atoms with Gasteiger partial charge in [0.25, 0.3) is 0 Å². The van der Waals surface area contributed by atoms with Gasteiger partial charge in [-0.2, -0.15) is 0 Å². The molecule has 3 rings (SSSR count). The van der Waals surface area contributed by atoms with Crippen LogP contribution in [0.1, 0.15) is 5.69 Å². The Morgan fingerprint density at radius 2 is 2.37 bits per heavy atom. The van der Waals surface area contributed by atoms with Gasteiger partial charge in [-0.05, 0) is 12.1 Å². The van der Waals surface area contributed by atoms with E-state index in [-0.39, 0.29) is 6.10 Å². The van der Waals surface area contributed by atoms with Crippen molar-refractivity contribution in [3.05, 3.63) is 30.2 Å². The van der Waals surface area contributed by atoms with E-state index in [9.17, 15) is 0 Å². The Bertz CT molecular complexity index is 509. The van der Waals surface area contributed by atoms with Crippen LogP contribution in [0.4, 0.5) is 0 Å². The molecule has 2 aromatic rings. The molecule has 1 atom stereocenters. The van der Waals surface area contributed by atoms with Crippen LogP contribution >= 0.6 is 0 Å². The number of furan rings is 1. The van der Waals surface area contributed by atoms with E-state index in [1.165, 1.54) is 0 Å². The molecule has 0 amide bonds. The third-order valence-corrected chi connectivity index (χ3v) is 3.19. The van der Waals surface area contributed by atoms with E-state index in [2.05, 4.69) is 10.1 Å². The first-order chi connectivity index (χ1) is 9.35. The summed E-state index contributed by atoms with van der Waals surface area (Å²) in [5.41, 5.74) is 6.52. The van der Waals surface area contributed by atoms with Crippen LogP contribution in [-0.4, -0.2) is 42.4 Å². The van der Waals surface area contributed by atoms with Crippen LogP contribution in [0.25, 0.3) is 11.5 Å². The first-order valence-corrected chi connectivity index (χ1v) is 6.38. The smallest absolute Gasteiger partial charge is 0.202 e. The third-order valence-electron chi connectivity index (χ3n) is 3.19. The first-order valence-electron chi connectivity index (χ1n) is 6.38. The molecule has 0 spiro atoms. The van der Waals surface area contributed by atoms with Crippen molar-refractivity contribution in [2.24, 2.45) is 5.73 Å². The number of nitrogens with zero attached hydrogens (tertiary/aromatic N) is 2. The summed E-state index contributed by atoms with van der Waals surface area (Å²) in [5.74, 6) is 1.35. The second-order valence-electron chi connectivity index (χ2n) is 4.62. The van der Waals surface area contributed by atoms with Crippen LogP contribution < -0.4 is 5.73 Å². The fourth-order valence-electron chi connectivity index (χ4n) is 2.22. The maximum atomic E-state index is 5.63. The molecule has 6 nitrogen and oxygen atoms in total. The van der Waals surface area contributed by atoms with Gasteiger partial charge in [-0.25, -0.2) is 0 Å². The number of hydrogen-bond donors (Lipinski definition) is 1. The fraction of sp³-hybridized carbons (Fsp3) is 0.462. The average Bonchev–Trinajstić information content (AvgIpc) is 3.09. The lowest BCUT2D eigenvalue weighted by molar-refractivity contribution is -0.0266. The van der Waals surface area contributed by atoms with Gasteiger partial charge in [-0.1, -0.05) is 5.16 Å². The molecule has 1 saturated heterocycles. The second-order valence-corrected chi connectivity index (χ2v) is 4.62. The minimum Gasteiger partial charge on any atom is -0.461 e. The van der Waals surface area contributed by atoms with E-state index in [1.807, 2.05) is 18.2 Å². The van der Waals surface area contributed by atoms with Gasteiger partial charge in [0.15, 0.2) is 5.76 Å². The summed E-state index contributed by atoms with van der Waals surface area (Å²) in [5, 5.41) is 4.07. The van der Waals surface area contributed by atoms with Crippen molar-refractivity contribution in [2.45, 2.75) is 12.6 Å². The highest BCUT2D eigenvalue weighted by Crippen LogP contribution is 2.21. The van der Waals surface area contributed by atoms with E-state index < -0.39 is 0 Å². The van der Waals surface area contributed by atoms with Crippen LogP contribution in [0.5, 0.6) is 0 Å². The monoisotopic (exact) mass is 263 g/mol. The molecule has 0 radical (unpaired) electrons. The third kappa shape index (κ3) is 2.86. The van der Waals surface area contributed by atoms with Gasteiger partial charge in [0.05, 0.1) is 24.7 Å². The molecule has 3 heterocycles. The minimum absolute atomic E-state index is 0.116. The Hall–Kier alpha value is -1.63. The van der Waals surface area contributed by atoms with Crippen LogP contribution in [-0.2, 0) is 11.3 Å². The summed E-state index contributed by atoms with van der Waals surface area (Å²) in [4.78, 5) is 2.27. The number of rotatable bonds is 4. The van der Waals surface area contributed by atoms with E-state index in [0.717, 1.165) is 25.3 Å². The summed E-state index contributed by atoms with van der Waals surface area (Å²) in [6.07, 6.45) is 1.73. The van der Waals surface area contributed by atoms with Crippen molar-refractivity contribution >= 4 is 0 Å². The van der Waals surface area contributed by atoms with Gasteiger partial charge < -0.3 is 19.4 Å². The quantitative estimate of drug-likeness (QED) is 0.889. The van der Waals surface area contributed by atoms with Gasteiger partial charge in [-0.15, -0.1) is 0 Å². The minimum atomic E-state index is 0.116. The van der Waals surface area contributed by atoms with Crippen molar-refractivity contribution in [2.75, 3.05) is 26.2 Å². The predicted octanol–water partition coefficient (Wildman–Crippen LogP) is 1.09. The molecule has 2 aromatic heterocycles. The molecule has 2 N–H and O–H groups in total. The Balaban J connectivity index is 1.64. The average molecular weight is 263 g/mol. The zero-order chi connectivity index (χ0) is 13.1. The topological polar surface area (TPSA) is 77.7 Å². The largest absolute Gasteiger partial charge is 0.461 e. The van der Waals surface area contributed by atoms with Crippen molar-refractivity contribution in [3.8, 4) is 11.5 Å². The summed E-state index contributed by atoms with van der Waals surface area (Å²) in [6, 6.07) is 5.58. The Kier molecular flexibility index (Phi) is 3.63. The molecule has 1 aliphatic heterocycles. The molecule has 19 heavy (non-hydrogen) atoms. The molecular formula is C13H17N3O3. The Morgan fingerprint density at radius 3 is 3.16 bits per heavy atom. The molecule has 6 heteroatoms. The molecule has 1 unspecified atom stereocenters. The molecule has 0 saturated carbocycles. The van der Waals surface area contributed by atoms with E-state index >= 15 is 0 Å². The summed E-state index contributed by atoms with van der Waals surface area (Å²) in [6.45, 7) is 3.72. The maximum absolute atomic E-state index is 5.63. The van der Waals surface area contributed by atoms with Crippen LogP contribution in [0, 0.1) is 0 Å². The summed E-state index contributed by atoms with van der Waals surface area (Å²) >= 11 is 0. The number of ether oxygens (including phenoxy) is 1. The molecular weight excluding hydrogens is 246 g/mol. The number of morpholine rings is 1. The lowest BCUT2D eigenvalue weighted by Crippen LogP contribution is -2.45. The van der Waals surface area contributed by atoms with E-state index in [4.69, 9.17) is 19.4 Å². The molecule has 1 aliphatic rings. The normalized spacial score (nSPS) is 20.8. The SMILES string of the molecule is NCC1CN(Cc2cc(-c3ccco3)on2)CCO1. The van der Waals surface area contributed by atoms with Crippen LogP contribution in [0.2, 0.25) is 0 Å². The van der Waals surface area contributed by atoms with Crippen molar-refractivity contribution in [3.63, 3.8) is 0 Å². The van der Waals surface area contributed by atoms with Crippen molar-refractivity contribution < 1.29 is 13.7 Å². The van der Waals surface area contributed by atoms with Gasteiger partial charge in [0, 0.05) is 32.2 Å². The standard InChI is InChI=1S/C13H17N3O3/c14-7-11-9-16(3-5-17-11)8-10-6-13(19-15-10)12-2-1-4-18-12/h1-2,4,6,11H,3,5,7-9,14H2. The molecule has 102 valence electrons. The second kappa shape index (κ2) is 5.56. The fourth-order valence-corrected chi connectivity index (χ4v) is 2.22. The van der Waals surface area contributed by atoms with Gasteiger partial charge in [-0.3, -0.25) is 4.90 Å². The van der Waals surface area contributed by atoms with Crippen molar-refractivity contribution in [1.82, 2.24) is 10.1 Å². The maximum Gasteiger partial charge on any atom is 0.202 e. The number of hydrogen-bond acceptors (Lipinski definition) is 6. The van der Waals surface area contributed by atoms with Crippen molar-refractivity contribution in [1.29, 1.82) is 0 Å². The number of nitrogens with two attached hydrogens (primary N) is 1. The predicted molar refractivity (Wildman–Crippen MR) is 68.3 cm³/mol. The van der Waals surface area contributed by atoms with E-state index in [1.54, 1.807) is 6.26 Å². The lowest BCUT2D eigenvalue weighted by Gasteiger charge is -2.31.